The second-order valence-corrected chi connectivity index (χ2v) is 29.3. The van der Waals surface area contributed by atoms with Crippen LogP contribution in [0.1, 0.15) is 193 Å². The van der Waals surface area contributed by atoms with E-state index in [1.54, 1.807) is 10.4 Å². The lowest BCUT2D eigenvalue weighted by atomic mass is 9.92. The van der Waals surface area contributed by atoms with E-state index in [-0.39, 0.29) is 0 Å². The molecule has 3 aromatic carbocycles. The van der Waals surface area contributed by atoms with Gasteiger partial charge in [-0.1, -0.05) is 310 Å². The van der Waals surface area contributed by atoms with Gasteiger partial charge in [-0.2, -0.15) is 0 Å². The number of rotatable bonds is 34. The first-order valence-corrected chi connectivity index (χ1v) is 32.9. The van der Waals surface area contributed by atoms with E-state index in [9.17, 15) is 0 Å². The van der Waals surface area contributed by atoms with E-state index in [0.717, 1.165) is 10.7 Å². The molecule has 0 aromatic heterocycles. The number of unbranched alkanes of at least 4 members (excludes halogenated alkanes) is 20. The summed E-state index contributed by atoms with van der Waals surface area (Å²) in [5.41, 5.74) is 8.27. The van der Waals surface area contributed by atoms with Gasteiger partial charge in [-0.25, -0.2) is 0 Å². The summed E-state index contributed by atoms with van der Waals surface area (Å²) < 4.78 is 0. The molecule has 3 rings (SSSR count). The first-order valence-electron chi connectivity index (χ1n) is 24.8. The number of hydrogen-bond donors (Lipinski definition) is 0. The van der Waals surface area contributed by atoms with Crippen molar-refractivity contribution >= 4 is 58.4 Å². The minimum absolute atomic E-state index is 0.863. The SMILES string of the molecule is CCCCCCCC[Si](C)(CCCCCCCC)c1ccc(-c2cc(CBr)c(-c3ccc([Si](C)(CCCCCCCC)CCCCCCCC)cc3)cc2CBr)cc1. The molecule has 0 spiro atoms. The third kappa shape index (κ3) is 17.8. The molecule has 0 heterocycles. The van der Waals surface area contributed by atoms with Gasteiger partial charge in [0.2, 0.25) is 0 Å². The Morgan fingerprint density at radius 1 is 0.345 bits per heavy atom. The number of hydrogen-bond acceptors (Lipinski definition) is 0. The second-order valence-electron chi connectivity index (χ2n) is 18.8. The fraction of sp³-hybridized carbons (Fsp3) is 0.667. The summed E-state index contributed by atoms with van der Waals surface area (Å²) in [4.78, 5) is 0. The van der Waals surface area contributed by atoms with Crippen LogP contribution in [0.5, 0.6) is 0 Å². The second kappa shape index (κ2) is 30.2. The average Bonchev–Trinajstić information content (AvgIpc) is 3.25. The third-order valence-electron chi connectivity index (χ3n) is 13.7. The molecule has 58 heavy (non-hydrogen) atoms. The van der Waals surface area contributed by atoms with Gasteiger partial charge in [0.05, 0.1) is 16.1 Å². The topological polar surface area (TPSA) is 0 Å². The molecule has 0 saturated heterocycles. The van der Waals surface area contributed by atoms with Gasteiger partial charge in [0.15, 0.2) is 0 Å². The summed E-state index contributed by atoms with van der Waals surface area (Å²) in [6.45, 7) is 14.7. The van der Waals surface area contributed by atoms with E-state index in [1.165, 1.54) is 212 Å². The van der Waals surface area contributed by atoms with Gasteiger partial charge in [0.25, 0.3) is 0 Å². The summed E-state index contributed by atoms with van der Waals surface area (Å²) in [5.74, 6) is 0. The maximum atomic E-state index is 3.93. The Morgan fingerprint density at radius 2 is 0.586 bits per heavy atom. The van der Waals surface area contributed by atoms with Crippen LogP contribution in [0.4, 0.5) is 0 Å². The zero-order valence-corrected chi connectivity index (χ0v) is 43.9. The van der Waals surface area contributed by atoms with Crippen molar-refractivity contribution in [3.05, 3.63) is 71.8 Å². The summed E-state index contributed by atoms with van der Waals surface area (Å²) in [6, 6.07) is 30.8. The normalized spacial score (nSPS) is 12.1. The number of benzene rings is 3. The molecule has 0 bridgehead atoms. The van der Waals surface area contributed by atoms with Crippen LogP contribution in [0.2, 0.25) is 37.3 Å². The highest BCUT2D eigenvalue weighted by molar-refractivity contribution is 9.08. The lowest BCUT2D eigenvalue weighted by Gasteiger charge is -2.29. The molecule has 4 heteroatoms. The minimum atomic E-state index is -1.54. The lowest BCUT2D eigenvalue weighted by Crippen LogP contribution is -2.44. The fourth-order valence-corrected chi connectivity index (χ4v) is 18.2. The zero-order valence-electron chi connectivity index (χ0n) is 38.7. The highest BCUT2D eigenvalue weighted by atomic mass is 79.9. The summed E-state index contributed by atoms with van der Waals surface area (Å²) in [5, 5.41) is 5.09. The van der Waals surface area contributed by atoms with E-state index in [4.69, 9.17) is 0 Å². The Hall–Kier alpha value is -0.946. The molecular weight excluding hydrogens is 865 g/mol. The van der Waals surface area contributed by atoms with Gasteiger partial charge in [0.1, 0.15) is 0 Å². The molecule has 0 unspecified atom stereocenters. The predicted octanol–water partition coefficient (Wildman–Crippen LogP) is 18.8. The van der Waals surface area contributed by atoms with Crippen LogP contribution >= 0.6 is 31.9 Å². The molecule has 0 saturated carbocycles. The minimum Gasteiger partial charge on any atom is -0.0876 e. The zero-order chi connectivity index (χ0) is 41.9. The molecule has 0 nitrogen and oxygen atoms in total. The molecule has 0 aliphatic carbocycles. The van der Waals surface area contributed by atoms with Crippen molar-refractivity contribution < 1.29 is 0 Å². The number of alkyl halides is 2. The molecule has 0 N–H and O–H groups in total. The predicted molar refractivity (Wildman–Crippen MR) is 278 cm³/mol. The van der Waals surface area contributed by atoms with Gasteiger partial charge in [-0.05, 0) is 45.5 Å². The van der Waals surface area contributed by atoms with E-state index in [1.807, 2.05) is 0 Å². The molecule has 0 aliphatic rings. The maximum Gasteiger partial charge on any atom is 0.0836 e. The van der Waals surface area contributed by atoms with Crippen molar-refractivity contribution in [1.82, 2.24) is 0 Å². The van der Waals surface area contributed by atoms with Gasteiger partial charge in [-0.15, -0.1) is 0 Å². The highest BCUT2D eigenvalue weighted by Crippen LogP contribution is 2.36. The summed E-state index contributed by atoms with van der Waals surface area (Å²) in [6.07, 6.45) is 33.5. The molecule has 0 amide bonds. The van der Waals surface area contributed by atoms with E-state index < -0.39 is 16.1 Å². The molecule has 0 aliphatic heterocycles. The lowest BCUT2D eigenvalue weighted by molar-refractivity contribution is 0.615. The van der Waals surface area contributed by atoms with Crippen molar-refractivity contribution in [2.24, 2.45) is 0 Å². The standard InChI is InChI=1S/C54H88Br2Si2/c1-7-11-15-19-23-27-39-57(5,40-28-24-20-16-12-8-2)51-35-31-47(32-36-51)53-43-50(46-56)54(44-49(53)45-55)48-33-37-52(38-34-48)58(6,41-29-25-21-17-13-9-3)42-30-26-22-18-14-10-4/h31-38,43-44H,7-30,39-42,45-46H2,1-6H3. The Morgan fingerprint density at radius 3 is 0.828 bits per heavy atom. The Labute approximate surface area is 379 Å². The van der Waals surface area contributed by atoms with Crippen molar-refractivity contribution in [2.75, 3.05) is 0 Å². The van der Waals surface area contributed by atoms with Crippen LogP contribution in [0.25, 0.3) is 22.3 Å². The monoisotopic (exact) mass is 950 g/mol. The van der Waals surface area contributed by atoms with E-state index in [2.05, 4.69) is 133 Å². The Kier molecular flexibility index (Phi) is 26.7. The largest absolute Gasteiger partial charge is 0.0876 e. The Bertz CT molecular complexity index is 1330. The van der Waals surface area contributed by atoms with Crippen LogP contribution in [-0.2, 0) is 10.7 Å². The van der Waals surface area contributed by atoms with Gasteiger partial charge < -0.3 is 0 Å². The fourth-order valence-electron chi connectivity index (χ4n) is 9.56. The van der Waals surface area contributed by atoms with Crippen LogP contribution in [0, 0.1) is 0 Å². The molecule has 0 atom stereocenters. The first-order chi connectivity index (χ1) is 28.3. The molecule has 0 fully saturated rings. The summed E-state index contributed by atoms with van der Waals surface area (Å²) in [7, 11) is -3.08. The smallest absolute Gasteiger partial charge is 0.0836 e. The van der Waals surface area contributed by atoms with Crippen LogP contribution in [0.15, 0.2) is 60.7 Å². The van der Waals surface area contributed by atoms with Crippen molar-refractivity contribution in [2.45, 2.75) is 230 Å². The first kappa shape index (κ1) is 51.4. The third-order valence-corrected chi connectivity index (χ3v) is 24.2. The summed E-state index contributed by atoms with van der Waals surface area (Å²) >= 11 is 7.86. The van der Waals surface area contributed by atoms with Crippen molar-refractivity contribution in [1.29, 1.82) is 0 Å². The van der Waals surface area contributed by atoms with Gasteiger partial charge >= 0.3 is 0 Å². The van der Waals surface area contributed by atoms with E-state index in [0.29, 0.717) is 0 Å². The van der Waals surface area contributed by atoms with Crippen LogP contribution in [-0.4, -0.2) is 16.1 Å². The quantitative estimate of drug-likeness (QED) is 0.0318. The number of halogens is 2. The van der Waals surface area contributed by atoms with Gasteiger partial charge in [-0.3, -0.25) is 0 Å². The highest BCUT2D eigenvalue weighted by Gasteiger charge is 2.30. The molecular formula is C54H88Br2Si2. The average molecular weight is 953 g/mol. The molecule has 326 valence electrons. The van der Waals surface area contributed by atoms with Crippen molar-refractivity contribution in [3.8, 4) is 22.3 Å². The van der Waals surface area contributed by atoms with Gasteiger partial charge in [0, 0.05) is 10.7 Å². The van der Waals surface area contributed by atoms with Crippen molar-refractivity contribution in [3.63, 3.8) is 0 Å². The van der Waals surface area contributed by atoms with E-state index >= 15 is 0 Å². The Balaban J connectivity index is 1.83. The maximum absolute atomic E-state index is 3.93. The van der Waals surface area contributed by atoms with Crippen LogP contribution in [0.3, 0.4) is 0 Å². The van der Waals surface area contributed by atoms with Crippen LogP contribution < -0.4 is 10.4 Å². The molecule has 0 radical (unpaired) electrons. The molecule has 3 aromatic rings.